The summed E-state index contributed by atoms with van der Waals surface area (Å²) >= 11 is 5.89. The highest BCUT2D eigenvalue weighted by atomic mass is 35.5. The van der Waals surface area contributed by atoms with Gasteiger partial charge in [0.1, 0.15) is 5.82 Å². The molecule has 0 aromatic heterocycles. The van der Waals surface area contributed by atoms with Crippen LogP contribution in [0, 0.1) is 5.82 Å². The predicted octanol–water partition coefficient (Wildman–Crippen LogP) is 3.18. The lowest BCUT2D eigenvalue weighted by Gasteiger charge is -2.38. The quantitative estimate of drug-likeness (QED) is 0.803. The summed E-state index contributed by atoms with van der Waals surface area (Å²) in [6, 6.07) is 9.60. The average molecular weight is 402 g/mol. The van der Waals surface area contributed by atoms with Gasteiger partial charge in [-0.25, -0.2) is 4.39 Å². The second kappa shape index (κ2) is 7.43. The molecule has 0 radical (unpaired) electrons. The van der Waals surface area contributed by atoms with Gasteiger partial charge in [-0.1, -0.05) is 11.6 Å². The number of nitrogens with two attached hydrogens (primary N) is 1. The first-order valence-corrected chi connectivity index (χ1v) is 9.72. The van der Waals surface area contributed by atoms with Crippen molar-refractivity contribution in [2.24, 2.45) is 0 Å². The van der Waals surface area contributed by atoms with E-state index >= 15 is 0 Å². The van der Waals surface area contributed by atoms with Crippen molar-refractivity contribution < 1.29 is 14.0 Å². The van der Waals surface area contributed by atoms with Crippen molar-refractivity contribution >= 4 is 34.8 Å². The molecule has 0 aliphatic carbocycles. The Hall–Kier alpha value is -2.60. The van der Waals surface area contributed by atoms with Crippen LogP contribution in [0.15, 0.2) is 36.4 Å². The standard InChI is InChI=1S/C21H21ClFN3O2/c22-15-6-13(7-16(23)11-15)8-20(27)25-5-1-2-18(12-25)26-19-4-3-17(24)9-14(19)10-21(26)28/h3-4,6-7,9,11,18H,1-2,5,8,10,12,24H2/t18-/m0/s1. The van der Waals surface area contributed by atoms with E-state index in [1.165, 1.54) is 12.1 Å². The van der Waals surface area contributed by atoms with E-state index in [1.807, 2.05) is 17.0 Å². The van der Waals surface area contributed by atoms with Crippen LogP contribution in [0.2, 0.25) is 5.02 Å². The number of hydrogen-bond donors (Lipinski definition) is 1. The lowest BCUT2D eigenvalue weighted by Crippen LogP contribution is -2.51. The molecule has 0 spiro atoms. The SMILES string of the molecule is Nc1ccc2c(c1)CC(=O)N2[C@H]1CCCN(C(=O)Cc2cc(F)cc(Cl)c2)C1. The summed E-state index contributed by atoms with van der Waals surface area (Å²) in [5, 5.41) is 0.276. The van der Waals surface area contributed by atoms with Crippen LogP contribution in [-0.2, 0) is 22.4 Å². The van der Waals surface area contributed by atoms with Crippen molar-refractivity contribution in [3.8, 4) is 0 Å². The van der Waals surface area contributed by atoms with E-state index in [2.05, 4.69) is 0 Å². The first kappa shape index (κ1) is 18.7. The van der Waals surface area contributed by atoms with Crippen molar-refractivity contribution in [3.05, 3.63) is 58.4 Å². The molecule has 2 heterocycles. The second-order valence-corrected chi connectivity index (χ2v) is 7.86. The first-order valence-electron chi connectivity index (χ1n) is 9.34. The molecule has 4 rings (SSSR count). The molecule has 2 aromatic rings. The number of rotatable bonds is 3. The highest BCUT2D eigenvalue weighted by molar-refractivity contribution is 6.30. The number of carbonyl (C=O) groups is 2. The van der Waals surface area contributed by atoms with Gasteiger partial charge in [0.15, 0.2) is 0 Å². The summed E-state index contributed by atoms with van der Waals surface area (Å²) < 4.78 is 13.5. The Labute approximate surface area is 167 Å². The number of hydrogen-bond acceptors (Lipinski definition) is 3. The zero-order valence-electron chi connectivity index (χ0n) is 15.3. The number of carbonyl (C=O) groups excluding carboxylic acids is 2. The number of amides is 2. The molecule has 2 aromatic carbocycles. The van der Waals surface area contributed by atoms with Crippen LogP contribution in [0.1, 0.15) is 24.0 Å². The molecule has 146 valence electrons. The molecule has 0 bridgehead atoms. The highest BCUT2D eigenvalue weighted by Crippen LogP contribution is 2.34. The van der Waals surface area contributed by atoms with Crippen LogP contribution in [0.25, 0.3) is 0 Å². The molecule has 7 heteroatoms. The molecular weight excluding hydrogens is 381 g/mol. The Bertz CT molecular complexity index is 929. The van der Waals surface area contributed by atoms with E-state index in [0.29, 0.717) is 30.8 Å². The minimum Gasteiger partial charge on any atom is -0.399 e. The van der Waals surface area contributed by atoms with E-state index in [1.54, 1.807) is 17.0 Å². The largest absolute Gasteiger partial charge is 0.399 e. The van der Waals surface area contributed by atoms with E-state index in [9.17, 15) is 14.0 Å². The number of anilines is 2. The fourth-order valence-corrected chi connectivity index (χ4v) is 4.40. The van der Waals surface area contributed by atoms with Gasteiger partial charge < -0.3 is 15.5 Å². The topological polar surface area (TPSA) is 66.6 Å². The number of nitrogens with zero attached hydrogens (tertiary/aromatic N) is 2. The maximum Gasteiger partial charge on any atom is 0.231 e. The lowest BCUT2D eigenvalue weighted by atomic mass is 10.0. The summed E-state index contributed by atoms with van der Waals surface area (Å²) in [5.74, 6) is -0.502. The molecule has 1 fully saturated rings. The normalized spacial score (nSPS) is 19.1. The monoisotopic (exact) mass is 401 g/mol. The number of halogens is 2. The van der Waals surface area contributed by atoms with Crippen molar-refractivity contribution in [2.75, 3.05) is 23.7 Å². The molecule has 28 heavy (non-hydrogen) atoms. The van der Waals surface area contributed by atoms with E-state index in [4.69, 9.17) is 17.3 Å². The van der Waals surface area contributed by atoms with Crippen molar-refractivity contribution in [1.82, 2.24) is 4.90 Å². The number of fused-ring (bicyclic) bond motifs is 1. The molecule has 0 unspecified atom stereocenters. The van der Waals surface area contributed by atoms with Gasteiger partial charge in [-0.05, 0) is 60.4 Å². The Kier molecular flexibility index (Phi) is 4.98. The minimum absolute atomic E-state index is 0.0387. The molecule has 5 nitrogen and oxygen atoms in total. The lowest BCUT2D eigenvalue weighted by molar-refractivity contribution is -0.132. The minimum atomic E-state index is -0.453. The van der Waals surface area contributed by atoms with E-state index in [0.717, 1.165) is 24.1 Å². The zero-order valence-corrected chi connectivity index (χ0v) is 16.1. The Morgan fingerprint density at radius 1 is 1.25 bits per heavy atom. The van der Waals surface area contributed by atoms with Crippen LogP contribution < -0.4 is 10.6 Å². The molecule has 1 saturated heterocycles. The van der Waals surface area contributed by atoms with E-state index < -0.39 is 5.82 Å². The van der Waals surface area contributed by atoms with Gasteiger partial charge in [-0.15, -0.1) is 0 Å². The molecule has 2 N–H and O–H groups in total. The van der Waals surface area contributed by atoms with Crippen LogP contribution in [0.5, 0.6) is 0 Å². The predicted molar refractivity (Wildman–Crippen MR) is 107 cm³/mol. The number of nitrogen functional groups attached to an aromatic ring is 1. The Balaban J connectivity index is 1.49. The summed E-state index contributed by atoms with van der Waals surface area (Å²) in [4.78, 5) is 28.9. The Morgan fingerprint density at radius 3 is 2.86 bits per heavy atom. The smallest absolute Gasteiger partial charge is 0.231 e. The fraction of sp³-hybridized carbons (Fsp3) is 0.333. The summed E-state index contributed by atoms with van der Waals surface area (Å²) in [7, 11) is 0. The van der Waals surface area contributed by atoms with Crippen molar-refractivity contribution in [2.45, 2.75) is 31.7 Å². The van der Waals surface area contributed by atoms with Gasteiger partial charge >= 0.3 is 0 Å². The number of piperidine rings is 1. The number of benzene rings is 2. The first-order chi connectivity index (χ1) is 13.4. The van der Waals surface area contributed by atoms with Gasteiger partial charge in [0.25, 0.3) is 0 Å². The molecule has 1 atom stereocenters. The van der Waals surface area contributed by atoms with Crippen LogP contribution >= 0.6 is 11.6 Å². The average Bonchev–Trinajstić information content (AvgIpc) is 2.95. The third-order valence-electron chi connectivity index (χ3n) is 5.37. The molecule has 2 amide bonds. The zero-order chi connectivity index (χ0) is 19.8. The number of likely N-dealkylation sites (tertiary alicyclic amines) is 1. The maximum atomic E-state index is 13.5. The van der Waals surface area contributed by atoms with Gasteiger partial charge in [0, 0.05) is 29.5 Å². The molecule has 2 aliphatic heterocycles. The third kappa shape index (κ3) is 3.69. The maximum absolute atomic E-state index is 13.5. The van der Waals surface area contributed by atoms with Crippen LogP contribution in [-0.4, -0.2) is 35.8 Å². The summed E-state index contributed by atoms with van der Waals surface area (Å²) in [5.41, 5.74) is 8.85. The van der Waals surface area contributed by atoms with Gasteiger partial charge in [0.2, 0.25) is 11.8 Å². The highest BCUT2D eigenvalue weighted by Gasteiger charge is 2.36. The van der Waals surface area contributed by atoms with Crippen molar-refractivity contribution in [3.63, 3.8) is 0 Å². The van der Waals surface area contributed by atoms with Gasteiger partial charge in [-0.2, -0.15) is 0 Å². The van der Waals surface area contributed by atoms with E-state index in [-0.39, 0.29) is 29.3 Å². The Morgan fingerprint density at radius 2 is 2.07 bits per heavy atom. The van der Waals surface area contributed by atoms with Gasteiger partial charge in [-0.3, -0.25) is 9.59 Å². The summed E-state index contributed by atoms with van der Waals surface area (Å²) in [6.07, 6.45) is 2.08. The van der Waals surface area contributed by atoms with Crippen molar-refractivity contribution in [1.29, 1.82) is 0 Å². The van der Waals surface area contributed by atoms with Gasteiger partial charge in [0.05, 0.1) is 18.9 Å². The molecular formula is C21H21ClFN3O2. The molecule has 0 saturated carbocycles. The fourth-order valence-electron chi connectivity index (χ4n) is 4.16. The third-order valence-corrected chi connectivity index (χ3v) is 5.58. The van der Waals surface area contributed by atoms with Crippen LogP contribution in [0.3, 0.4) is 0 Å². The summed E-state index contributed by atoms with van der Waals surface area (Å²) in [6.45, 7) is 1.10. The molecule has 2 aliphatic rings. The second-order valence-electron chi connectivity index (χ2n) is 7.42. The van der Waals surface area contributed by atoms with Crippen LogP contribution in [0.4, 0.5) is 15.8 Å².